The second kappa shape index (κ2) is 8.42. The Bertz CT molecular complexity index is 977. The van der Waals surface area contributed by atoms with Crippen LogP contribution in [-0.4, -0.2) is 17.5 Å². The summed E-state index contributed by atoms with van der Waals surface area (Å²) in [5, 5.41) is 8.89. The summed E-state index contributed by atoms with van der Waals surface area (Å²) in [5.41, 5.74) is 6.31. The highest BCUT2D eigenvalue weighted by molar-refractivity contribution is 7.12. The summed E-state index contributed by atoms with van der Waals surface area (Å²) in [6, 6.07) is 18.3. The molecule has 3 rings (SSSR count). The molecular formula is C21H19N3O2S. The largest absolute Gasteiger partial charge is 0.321 e. The normalized spacial score (nSPS) is 11.1. The molecule has 0 saturated carbocycles. The predicted molar refractivity (Wildman–Crippen MR) is 110 cm³/mol. The van der Waals surface area contributed by atoms with E-state index in [1.165, 1.54) is 11.3 Å². The van der Waals surface area contributed by atoms with Crippen LogP contribution < -0.4 is 10.7 Å². The van der Waals surface area contributed by atoms with Crippen molar-refractivity contribution in [2.24, 2.45) is 5.10 Å². The molecular weight excluding hydrogens is 358 g/mol. The quantitative estimate of drug-likeness (QED) is 0.509. The van der Waals surface area contributed by atoms with Crippen molar-refractivity contribution in [3.05, 3.63) is 87.6 Å². The SMILES string of the molecule is C/C(=N\NC(=O)c1ccccc1C)c1ccc(NC(=O)c2cccs2)cc1. The van der Waals surface area contributed by atoms with Gasteiger partial charge in [-0.3, -0.25) is 9.59 Å². The molecule has 0 fully saturated rings. The molecule has 2 amide bonds. The van der Waals surface area contributed by atoms with Gasteiger partial charge in [-0.25, -0.2) is 5.43 Å². The number of thiophene rings is 1. The summed E-state index contributed by atoms with van der Waals surface area (Å²) in [4.78, 5) is 24.9. The maximum Gasteiger partial charge on any atom is 0.271 e. The Hall–Kier alpha value is -3.25. The van der Waals surface area contributed by atoms with E-state index < -0.39 is 0 Å². The first kappa shape index (κ1) is 18.5. The third-order valence-electron chi connectivity index (χ3n) is 4.02. The Morgan fingerprint density at radius 3 is 2.33 bits per heavy atom. The van der Waals surface area contributed by atoms with E-state index in [4.69, 9.17) is 0 Å². The van der Waals surface area contributed by atoms with E-state index in [1.54, 1.807) is 12.1 Å². The third kappa shape index (κ3) is 4.68. The first-order valence-corrected chi connectivity index (χ1v) is 9.28. The highest BCUT2D eigenvalue weighted by atomic mass is 32.1. The van der Waals surface area contributed by atoms with Gasteiger partial charge in [-0.1, -0.05) is 36.4 Å². The Kier molecular flexibility index (Phi) is 5.78. The van der Waals surface area contributed by atoms with Crippen LogP contribution in [-0.2, 0) is 0 Å². The lowest BCUT2D eigenvalue weighted by molar-refractivity contribution is 0.0953. The molecule has 136 valence electrons. The Labute approximate surface area is 161 Å². The van der Waals surface area contributed by atoms with Crippen LogP contribution in [0.4, 0.5) is 5.69 Å². The zero-order valence-electron chi connectivity index (χ0n) is 15.0. The molecule has 0 unspecified atom stereocenters. The van der Waals surface area contributed by atoms with Crippen LogP contribution in [0.25, 0.3) is 0 Å². The molecule has 0 bridgehead atoms. The van der Waals surface area contributed by atoms with Gasteiger partial charge in [0.05, 0.1) is 10.6 Å². The van der Waals surface area contributed by atoms with Crippen LogP contribution in [0.5, 0.6) is 0 Å². The van der Waals surface area contributed by atoms with Gasteiger partial charge in [0.15, 0.2) is 0 Å². The Balaban J connectivity index is 1.64. The van der Waals surface area contributed by atoms with Crippen LogP contribution in [0, 0.1) is 6.92 Å². The molecule has 2 aromatic carbocycles. The van der Waals surface area contributed by atoms with Crippen molar-refractivity contribution in [2.75, 3.05) is 5.32 Å². The molecule has 3 aromatic rings. The number of aryl methyl sites for hydroxylation is 1. The number of amides is 2. The number of anilines is 1. The molecule has 0 atom stereocenters. The van der Waals surface area contributed by atoms with Gasteiger partial charge < -0.3 is 5.32 Å². The first-order chi connectivity index (χ1) is 13.0. The van der Waals surface area contributed by atoms with Gasteiger partial charge in [0.25, 0.3) is 11.8 Å². The molecule has 0 saturated heterocycles. The number of rotatable bonds is 5. The van der Waals surface area contributed by atoms with Gasteiger partial charge >= 0.3 is 0 Å². The highest BCUT2D eigenvalue weighted by Gasteiger charge is 2.09. The number of nitrogens with zero attached hydrogens (tertiary/aromatic N) is 1. The fourth-order valence-corrected chi connectivity index (χ4v) is 3.10. The van der Waals surface area contributed by atoms with Crippen LogP contribution >= 0.6 is 11.3 Å². The van der Waals surface area contributed by atoms with Crippen molar-refractivity contribution in [3.63, 3.8) is 0 Å². The number of carbonyl (C=O) groups excluding carboxylic acids is 2. The van der Waals surface area contributed by atoms with Gasteiger partial charge in [0.2, 0.25) is 0 Å². The molecule has 1 heterocycles. The van der Waals surface area contributed by atoms with Crippen LogP contribution in [0.15, 0.2) is 71.1 Å². The summed E-state index contributed by atoms with van der Waals surface area (Å²) in [6.45, 7) is 3.70. The predicted octanol–water partition coefficient (Wildman–Crippen LogP) is 4.46. The summed E-state index contributed by atoms with van der Waals surface area (Å²) in [5.74, 6) is -0.374. The summed E-state index contributed by atoms with van der Waals surface area (Å²) < 4.78 is 0. The Morgan fingerprint density at radius 1 is 0.926 bits per heavy atom. The maximum absolute atomic E-state index is 12.2. The van der Waals surface area contributed by atoms with E-state index in [1.807, 2.05) is 67.8 Å². The van der Waals surface area contributed by atoms with Crippen LogP contribution in [0.2, 0.25) is 0 Å². The molecule has 0 aliphatic rings. The number of nitrogens with one attached hydrogen (secondary N) is 2. The van der Waals surface area contributed by atoms with Gasteiger partial charge in [0, 0.05) is 11.3 Å². The van der Waals surface area contributed by atoms with Crippen molar-refractivity contribution in [1.82, 2.24) is 5.43 Å². The monoisotopic (exact) mass is 377 g/mol. The third-order valence-corrected chi connectivity index (χ3v) is 4.89. The van der Waals surface area contributed by atoms with Crippen molar-refractivity contribution < 1.29 is 9.59 Å². The average Bonchev–Trinajstić information content (AvgIpc) is 3.22. The lowest BCUT2D eigenvalue weighted by Crippen LogP contribution is -2.20. The van der Waals surface area contributed by atoms with E-state index in [0.717, 1.165) is 11.1 Å². The molecule has 27 heavy (non-hydrogen) atoms. The number of hydrazone groups is 1. The van der Waals surface area contributed by atoms with Crippen molar-refractivity contribution in [1.29, 1.82) is 0 Å². The molecule has 5 nitrogen and oxygen atoms in total. The highest BCUT2D eigenvalue weighted by Crippen LogP contribution is 2.15. The maximum atomic E-state index is 12.2. The van der Waals surface area contributed by atoms with Crippen molar-refractivity contribution in [2.45, 2.75) is 13.8 Å². The number of benzene rings is 2. The molecule has 0 aliphatic carbocycles. The standard InChI is InChI=1S/C21H19N3O2S/c1-14-6-3-4-7-18(14)20(25)24-23-15(2)16-9-11-17(12-10-16)22-21(26)19-8-5-13-27-19/h3-13H,1-2H3,(H,22,26)(H,24,25)/b23-15+. The lowest BCUT2D eigenvalue weighted by Gasteiger charge is -2.07. The topological polar surface area (TPSA) is 70.6 Å². The fraction of sp³-hybridized carbons (Fsp3) is 0.0952. The van der Waals surface area contributed by atoms with Gasteiger partial charge in [0.1, 0.15) is 0 Å². The van der Waals surface area contributed by atoms with E-state index in [2.05, 4.69) is 15.8 Å². The second-order valence-electron chi connectivity index (χ2n) is 5.96. The lowest BCUT2D eigenvalue weighted by atomic mass is 10.1. The fourth-order valence-electron chi connectivity index (χ4n) is 2.48. The van der Waals surface area contributed by atoms with Gasteiger partial charge in [-0.2, -0.15) is 5.10 Å². The zero-order chi connectivity index (χ0) is 19.2. The molecule has 0 radical (unpaired) electrons. The summed E-state index contributed by atoms with van der Waals surface area (Å²) in [6.07, 6.45) is 0. The number of carbonyl (C=O) groups is 2. The number of hydrogen-bond acceptors (Lipinski definition) is 4. The smallest absolute Gasteiger partial charge is 0.271 e. The van der Waals surface area contributed by atoms with Gasteiger partial charge in [-0.05, 0) is 54.6 Å². The number of hydrogen-bond donors (Lipinski definition) is 2. The first-order valence-electron chi connectivity index (χ1n) is 8.40. The van der Waals surface area contributed by atoms with E-state index in [9.17, 15) is 9.59 Å². The summed E-state index contributed by atoms with van der Waals surface area (Å²) in [7, 11) is 0. The Morgan fingerprint density at radius 2 is 1.67 bits per heavy atom. The molecule has 6 heteroatoms. The minimum atomic E-state index is -0.243. The zero-order valence-corrected chi connectivity index (χ0v) is 15.8. The molecule has 0 spiro atoms. The van der Waals surface area contributed by atoms with E-state index in [0.29, 0.717) is 21.8 Å². The van der Waals surface area contributed by atoms with E-state index >= 15 is 0 Å². The van der Waals surface area contributed by atoms with Gasteiger partial charge in [-0.15, -0.1) is 11.3 Å². The molecule has 2 N–H and O–H groups in total. The molecule has 0 aliphatic heterocycles. The van der Waals surface area contributed by atoms with E-state index in [-0.39, 0.29) is 11.8 Å². The minimum Gasteiger partial charge on any atom is -0.321 e. The summed E-state index contributed by atoms with van der Waals surface area (Å²) >= 11 is 1.40. The molecule has 1 aromatic heterocycles. The minimum absolute atomic E-state index is 0.131. The average molecular weight is 377 g/mol. The second-order valence-corrected chi connectivity index (χ2v) is 6.91. The van der Waals surface area contributed by atoms with Crippen LogP contribution in [0.1, 0.15) is 38.1 Å². The van der Waals surface area contributed by atoms with Crippen LogP contribution in [0.3, 0.4) is 0 Å². The van der Waals surface area contributed by atoms with Crippen molar-refractivity contribution in [3.8, 4) is 0 Å². The van der Waals surface area contributed by atoms with Crippen molar-refractivity contribution >= 4 is 34.6 Å².